The number of aromatic nitrogens is 5. The summed E-state index contributed by atoms with van der Waals surface area (Å²) in [5.41, 5.74) is 1.85. The minimum absolute atomic E-state index is 0.0670. The smallest absolute Gasteiger partial charge is 0.269 e. The minimum Gasteiger partial charge on any atom is -0.350 e. The van der Waals surface area contributed by atoms with Crippen LogP contribution in [-0.2, 0) is 17.9 Å². The molecule has 8 nitrogen and oxygen atoms in total. The maximum atomic E-state index is 12.3. The van der Waals surface area contributed by atoms with Gasteiger partial charge in [-0.15, -0.1) is 0 Å². The monoisotopic (exact) mass is 360 g/mol. The van der Waals surface area contributed by atoms with Gasteiger partial charge in [0, 0.05) is 25.1 Å². The molecule has 4 aromatic rings. The first-order valence-corrected chi connectivity index (χ1v) is 8.35. The number of hydrogen-bond acceptors (Lipinski definition) is 5. The molecule has 0 bridgehead atoms. The summed E-state index contributed by atoms with van der Waals surface area (Å²) < 4.78 is 3.21. The minimum atomic E-state index is -0.310. The Balaban J connectivity index is 1.43. The summed E-state index contributed by atoms with van der Waals surface area (Å²) in [7, 11) is 0. The summed E-state index contributed by atoms with van der Waals surface area (Å²) in [5, 5.41) is 2.82. The molecule has 3 heterocycles. The number of para-hydroxylation sites is 2. The van der Waals surface area contributed by atoms with E-state index in [4.69, 9.17) is 0 Å². The van der Waals surface area contributed by atoms with Crippen molar-refractivity contribution in [3.63, 3.8) is 0 Å². The van der Waals surface area contributed by atoms with Gasteiger partial charge in [-0.05, 0) is 23.8 Å². The standard InChI is InChI=1S/C19H16N6O2/c26-18(12-25-16-4-2-1-3-15(16)21-11-19(25)27)23-10-14-5-6-17(22-9-14)24-8-7-20-13-24/h1-9,11,13H,10,12H2,(H,23,26). The maximum absolute atomic E-state index is 12.3. The van der Waals surface area contributed by atoms with Crippen molar-refractivity contribution in [2.45, 2.75) is 13.1 Å². The van der Waals surface area contributed by atoms with Gasteiger partial charge in [0.05, 0.1) is 17.2 Å². The van der Waals surface area contributed by atoms with Crippen molar-refractivity contribution in [2.24, 2.45) is 0 Å². The van der Waals surface area contributed by atoms with Crippen LogP contribution in [0.4, 0.5) is 0 Å². The van der Waals surface area contributed by atoms with E-state index in [2.05, 4.69) is 20.3 Å². The fraction of sp³-hybridized carbons (Fsp3) is 0.105. The lowest BCUT2D eigenvalue weighted by molar-refractivity contribution is -0.121. The van der Waals surface area contributed by atoms with Crippen LogP contribution >= 0.6 is 0 Å². The Kier molecular flexibility index (Phi) is 4.44. The first kappa shape index (κ1) is 16.6. The first-order valence-electron chi connectivity index (χ1n) is 8.35. The van der Waals surface area contributed by atoms with Crippen LogP contribution in [0.2, 0.25) is 0 Å². The molecular weight excluding hydrogens is 344 g/mol. The second-order valence-corrected chi connectivity index (χ2v) is 5.94. The highest BCUT2D eigenvalue weighted by atomic mass is 16.2. The van der Waals surface area contributed by atoms with Gasteiger partial charge < -0.3 is 5.32 Å². The van der Waals surface area contributed by atoms with Crippen molar-refractivity contribution < 1.29 is 4.79 Å². The van der Waals surface area contributed by atoms with E-state index in [-0.39, 0.29) is 18.0 Å². The second kappa shape index (κ2) is 7.20. The molecule has 4 rings (SSSR count). The molecule has 0 aliphatic rings. The maximum Gasteiger partial charge on any atom is 0.269 e. The summed E-state index contributed by atoms with van der Waals surface area (Å²) in [6.07, 6.45) is 8.08. The molecule has 0 spiro atoms. The first-order chi connectivity index (χ1) is 13.2. The molecule has 0 fully saturated rings. The van der Waals surface area contributed by atoms with Crippen molar-refractivity contribution in [3.8, 4) is 5.82 Å². The lowest BCUT2D eigenvalue weighted by Crippen LogP contribution is -2.32. The van der Waals surface area contributed by atoms with E-state index >= 15 is 0 Å². The lowest BCUT2D eigenvalue weighted by Gasteiger charge is -2.10. The predicted molar refractivity (Wildman–Crippen MR) is 99.2 cm³/mol. The number of pyridine rings is 1. The van der Waals surface area contributed by atoms with E-state index < -0.39 is 0 Å². The Morgan fingerprint density at radius 1 is 1.07 bits per heavy atom. The van der Waals surface area contributed by atoms with Gasteiger partial charge in [-0.1, -0.05) is 18.2 Å². The van der Waals surface area contributed by atoms with Crippen LogP contribution in [0.5, 0.6) is 0 Å². The van der Waals surface area contributed by atoms with Crippen LogP contribution in [-0.4, -0.2) is 30.0 Å². The molecule has 8 heteroatoms. The zero-order valence-electron chi connectivity index (χ0n) is 14.3. The Labute approximate surface area is 154 Å². The molecule has 0 aliphatic carbocycles. The number of imidazole rings is 1. The largest absolute Gasteiger partial charge is 0.350 e. The fourth-order valence-electron chi connectivity index (χ4n) is 2.75. The van der Waals surface area contributed by atoms with E-state index in [1.807, 2.05) is 24.3 Å². The molecule has 0 radical (unpaired) electrons. The number of amides is 1. The van der Waals surface area contributed by atoms with Gasteiger partial charge in [0.2, 0.25) is 5.91 Å². The average molecular weight is 360 g/mol. The van der Waals surface area contributed by atoms with E-state index in [9.17, 15) is 9.59 Å². The summed E-state index contributed by atoms with van der Waals surface area (Å²) in [6, 6.07) is 11.0. The van der Waals surface area contributed by atoms with Crippen molar-refractivity contribution in [1.82, 2.24) is 29.4 Å². The summed E-state index contributed by atoms with van der Waals surface area (Å²) >= 11 is 0. The molecule has 0 atom stereocenters. The molecule has 3 aromatic heterocycles. The predicted octanol–water partition coefficient (Wildman–Crippen LogP) is 1.29. The highest BCUT2D eigenvalue weighted by Gasteiger charge is 2.09. The van der Waals surface area contributed by atoms with Gasteiger partial charge in [-0.3, -0.25) is 18.7 Å². The number of carbonyl (C=O) groups excluding carboxylic acids is 1. The van der Waals surface area contributed by atoms with Crippen LogP contribution in [0.25, 0.3) is 16.9 Å². The summed E-state index contributed by atoms with van der Waals surface area (Å²) in [6.45, 7) is 0.260. The Hall–Kier alpha value is -3.81. The quantitative estimate of drug-likeness (QED) is 0.579. The number of nitrogens with one attached hydrogen (secondary N) is 1. The molecule has 1 amide bonds. The number of hydrogen-bond donors (Lipinski definition) is 1. The van der Waals surface area contributed by atoms with Crippen LogP contribution in [0.1, 0.15) is 5.56 Å². The molecule has 0 aliphatic heterocycles. The van der Waals surface area contributed by atoms with Crippen LogP contribution < -0.4 is 10.9 Å². The van der Waals surface area contributed by atoms with Crippen LogP contribution in [0, 0.1) is 0 Å². The van der Waals surface area contributed by atoms with Gasteiger partial charge in [0.25, 0.3) is 5.56 Å². The van der Waals surface area contributed by atoms with Gasteiger partial charge in [-0.2, -0.15) is 0 Å². The number of carbonyl (C=O) groups is 1. The van der Waals surface area contributed by atoms with Gasteiger partial charge >= 0.3 is 0 Å². The highest BCUT2D eigenvalue weighted by Crippen LogP contribution is 2.08. The van der Waals surface area contributed by atoms with Crippen molar-refractivity contribution in [2.75, 3.05) is 0 Å². The third-order valence-electron chi connectivity index (χ3n) is 4.12. The number of nitrogens with zero attached hydrogens (tertiary/aromatic N) is 5. The summed E-state index contributed by atoms with van der Waals surface area (Å²) in [4.78, 5) is 36.8. The van der Waals surface area contributed by atoms with Gasteiger partial charge in [0.15, 0.2) is 0 Å². The highest BCUT2D eigenvalue weighted by molar-refractivity contribution is 5.79. The lowest BCUT2D eigenvalue weighted by atomic mass is 10.2. The third-order valence-corrected chi connectivity index (χ3v) is 4.12. The molecule has 0 unspecified atom stereocenters. The molecule has 0 saturated heterocycles. The number of fused-ring (bicyclic) bond motifs is 1. The fourth-order valence-corrected chi connectivity index (χ4v) is 2.75. The average Bonchev–Trinajstić information content (AvgIpc) is 3.24. The van der Waals surface area contributed by atoms with Gasteiger partial charge in [0.1, 0.15) is 18.7 Å². The third kappa shape index (κ3) is 3.59. The van der Waals surface area contributed by atoms with Crippen molar-refractivity contribution in [3.05, 3.63) is 83.4 Å². The molecular formula is C19H16N6O2. The zero-order valence-corrected chi connectivity index (χ0v) is 14.3. The molecule has 1 N–H and O–H groups in total. The van der Waals surface area contributed by atoms with E-state index in [1.54, 1.807) is 41.6 Å². The Bertz CT molecular complexity index is 1130. The SMILES string of the molecule is O=C(Cn1c(=O)cnc2ccccc21)NCc1ccc(-n2ccnc2)nc1. The van der Waals surface area contributed by atoms with Crippen LogP contribution in [0.3, 0.4) is 0 Å². The van der Waals surface area contributed by atoms with Crippen LogP contribution in [0.15, 0.2) is 72.3 Å². The normalized spacial score (nSPS) is 10.8. The number of benzene rings is 1. The van der Waals surface area contributed by atoms with Gasteiger partial charge in [-0.25, -0.2) is 15.0 Å². The molecule has 27 heavy (non-hydrogen) atoms. The number of rotatable bonds is 5. The summed E-state index contributed by atoms with van der Waals surface area (Å²) in [5.74, 6) is 0.490. The second-order valence-electron chi connectivity index (χ2n) is 5.94. The Morgan fingerprint density at radius 3 is 2.74 bits per heavy atom. The van der Waals surface area contributed by atoms with E-state index in [1.165, 1.54) is 10.8 Å². The Morgan fingerprint density at radius 2 is 1.96 bits per heavy atom. The van der Waals surface area contributed by atoms with E-state index in [0.29, 0.717) is 17.6 Å². The van der Waals surface area contributed by atoms with Crippen molar-refractivity contribution in [1.29, 1.82) is 0 Å². The molecule has 1 aromatic carbocycles. The zero-order chi connectivity index (χ0) is 18.6. The molecule has 0 saturated carbocycles. The van der Waals surface area contributed by atoms with Crippen molar-refractivity contribution >= 4 is 16.9 Å². The van der Waals surface area contributed by atoms with E-state index in [0.717, 1.165) is 11.4 Å². The topological polar surface area (TPSA) is 94.7 Å². The molecule has 134 valence electrons.